The third kappa shape index (κ3) is 5.85. The van der Waals surface area contributed by atoms with Crippen LogP contribution < -0.4 is 5.32 Å². The molecule has 0 spiro atoms. The average Bonchev–Trinajstić information content (AvgIpc) is 2.58. The Morgan fingerprint density at radius 3 is 2.56 bits per heavy atom. The highest BCUT2D eigenvalue weighted by molar-refractivity contribution is 7.99. The lowest BCUT2D eigenvalue weighted by atomic mass is 10.2. The second-order valence-electron chi connectivity index (χ2n) is 5.38. The van der Waals surface area contributed by atoms with E-state index in [4.69, 9.17) is 11.6 Å². The molecule has 0 aliphatic rings. The summed E-state index contributed by atoms with van der Waals surface area (Å²) in [7, 11) is -3.56. The number of amides is 1. The number of aromatic nitrogens is 1. The largest absolute Gasteiger partial charge is 0.417 e. The Hall–Kier alpha value is -1.78. The van der Waals surface area contributed by atoms with Crippen LogP contribution in [-0.2, 0) is 16.0 Å². The molecule has 146 valence electrons. The molecule has 0 radical (unpaired) electrons. The Bertz CT molecular complexity index is 950. The monoisotopic (exact) mass is 438 g/mol. The van der Waals surface area contributed by atoms with Crippen LogP contribution in [0.3, 0.4) is 0 Å². The van der Waals surface area contributed by atoms with Gasteiger partial charge in [-0.25, -0.2) is 13.4 Å². The molecule has 27 heavy (non-hydrogen) atoms. The molecule has 5 nitrogen and oxygen atoms in total. The Morgan fingerprint density at radius 1 is 1.30 bits per heavy atom. The summed E-state index contributed by atoms with van der Waals surface area (Å²) in [5, 5.41) is 2.63. The predicted octanol–water partition coefficient (Wildman–Crippen LogP) is 3.68. The minimum atomic E-state index is -4.53. The molecule has 0 unspecified atom stereocenters. The molecule has 0 bridgehead atoms. The molecule has 0 saturated heterocycles. The Kier molecular flexibility index (Phi) is 6.77. The number of pyridine rings is 1. The van der Waals surface area contributed by atoms with Crippen molar-refractivity contribution in [2.45, 2.75) is 16.1 Å². The van der Waals surface area contributed by atoms with E-state index in [9.17, 15) is 26.4 Å². The van der Waals surface area contributed by atoms with Crippen molar-refractivity contribution in [3.05, 3.63) is 52.7 Å². The van der Waals surface area contributed by atoms with Crippen LogP contribution in [0.4, 0.5) is 13.2 Å². The third-order valence-electron chi connectivity index (χ3n) is 3.29. The van der Waals surface area contributed by atoms with Gasteiger partial charge in [0.05, 0.1) is 21.0 Å². The number of thioether (sulfide) groups is 1. The van der Waals surface area contributed by atoms with Gasteiger partial charge in [0.2, 0.25) is 0 Å². The van der Waals surface area contributed by atoms with E-state index in [1.807, 2.05) is 0 Å². The number of carbonyl (C=O) groups is 1. The second kappa shape index (κ2) is 8.49. The van der Waals surface area contributed by atoms with E-state index in [1.165, 1.54) is 18.2 Å². The van der Waals surface area contributed by atoms with E-state index in [1.54, 1.807) is 6.07 Å². The molecule has 1 amide bonds. The zero-order valence-corrected chi connectivity index (χ0v) is 16.3. The maximum absolute atomic E-state index is 12.6. The minimum absolute atomic E-state index is 0.0238. The fraction of sp³-hybridized carbons (Fsp3) is 0.250. The number of hydrogen-bond donors (Lipinski definition) is 1. The van der Waals surface area contributed by atoms with Crippen LogP contribution in [0.2, 0.25) is 5.02 Å². The molecule has 1 heterocycles. The summed E-state index contributed by atoms with van der Waals surface area (Å²) in [5.74, 6) is -0.284. The quantitative estimate of drug-likeness (QED) is 0.550. The summed E-state index contributed by atoms with van der Waals surface area (Å²) in [5.41, 5.74) is -0.918. The molecule has 0 aliphatic heterocycles. The summed E-state index contributed by atoms with van der Waals surface area (Å²) < 4.78 is 61.2. The smallest absolute Gasteiger partial charge is 0.351 e. The van der Waals surface area contributed by atoms with E-state index in [2.05, 4.69) is 10.3 Å². The number of hydrogen-bond acceptors (Lipinski definition) is 5. The molecule has 1 N–H and O–H groups in total. The molecule has 11 heteroatoms. The van der Waals surface area contributed by atoms with Crippen molar-refractivity contribution >= 4 is 39.1 Å². The average molecular weight is 439 g/mol. The first-order valence-electron chi connectivity index (χ1n) is 7.43. The number of alkyl halides is 3. The standard InChI is InChI=1S/C16H14ClF3N2O3S2/c1-27(24,25)13-5-3-2-4-11(13)14(23)21-6-7-26-15-12(17)8-10(9-22-15)16(18,19)20/h2-5,8-9H,6-7H2,1H3,(H,21,23). The fourth-order valence-corrected chi connectivity index (χ4v) is 4.01. The highest BCUT2D eigenvalue weighted by atomic mass is 35.5. The van der Waals surface area contributed by atoms with Gasteiger partial charge in [0, 0.05) is 24.8 Å². The molecule has 0 saturated carbocycles. The van der Waals surface area contributed by atoms with E-state index >= 15 is 0 Å². The van der Waals surface area contributed by atoms with Gasteiger partial charge in [-0.2, -0.15) is 13.2 Å². The van der Waals surface area contributed by atoms with Gasteiger partial charge in [0.15, 0.2) is 9.84 Å². The van der Waals surface area contributed by atoms with Crippen molar-refractivity contribution < 1.29 is 26.4 Å². The lowest BCUT2D eigenvalue weighted by Gasteiger charge is -2.10. The molecule has 0 aliphatic carbocycles. The molecule has 2 rings (SSSR count). The molecular weight excluding hydrogens is 425 g/mol. The van der Waals surface area contributed by atoms with Crippen molar-refractivity contribution in [2.75, 3.05) is 18.6 Å². The van der Waals surface area contributed by atoms with E-state index < -0.39 is 27.5 Å². The molecule has 0 fully saturated rings. The van der Waals surface area contributed by atoms with Crippen molar-refractivity contribution in [3.8, 4) is 0 Å². The fourth-order valence-electron chi connectivity index (χ4n) is 2.07. The zero-order chi connectivity index (χ0) is 20.2. The normalized spacial score (nSPS) is 12.0. The van der Waals surface area contributed by atoms with Gasteiger partial charge in [-0.15, -0.1) is 11.8 Å². The van der Waals surface area contributed by atoms with Crippen LogP contribution in [0.1, 0.15) is 15.9 Å². The lowest BCUT2D eigenvalue weighted by molar-refractivity contribution is -0.137. The highest BCUT2D eigenvalue weighted by Crippen LogP contribution is 2.33. The number of rotatable bonds is 6. The van der Waals surface area contributed by atoms with Crippen molar-refractivity contribution in [3.63, 3.8) is 0 Å². The van der Waals surface area contributed by atoms with Crippen LogP contribution in [0, 0.1) is 0 Å². The predicted molar refractivity (Wildman–Crippen MR) is 96.9 cm³/mol. The Balaban J connectivity index is 1.96. The summed E-state index contributed by atoms with van der Waals surface area (Å²) in [6.07, 6.45) is -2.83. The van der Waals surface area contributed by atoms with Crippen LogP contribution in [-0.4, -0.2) is 37.9 Å². The second-order valence-corrected chi connectivity index (χ2v) is 8.86. The number of carbonyl (C=O) groups excluding carboxylic acids is 1. The van der Waals surface area contributed by atoms with Crippen LogP contribution in [0.15, 0.2) is 46.5 Å². The molecular formula is C16H14ClF3N2O3S2. The van der Waals surface area contributed by atoms with E-state index in [-0.39, 0.29) is 32.8 Å². The Labute approximate surface area is 163 Å². The van der Waals surface area contributed by atoms with Gasteiger partial charge in [0.1, 0.15) is 5.03 Å². The van der Waals surface area contributed by atoms with Crippen molar-refractivity contribution in [1.29, 1.82) is 0 Å². The summed E-state index contributed by atoms with van der Waals surface area (Å²) >= 11 is 6.88. The molecule has 1 aromatic carbocycles. The lowest BCUT2D eigenvalue weighted by Crippen LogP contribution is -2.27. The first kappa shape index (κ1) is 21.5. The van der Waals surface area contributed by atoms with Gasteiger partial charge in [-0.05, 0) is 18.2 Å². The van der Waals surface area contributed by atoms with Gasteiger partial charge in [-0.1, -0.05) is 23.7 Å². The number of halogens is 4. The van der Waals surface area contributed by atoms with Crippen LogP contribution in [0.5, 0.6) is 0 Å². The molecule has 2 aromatic rings. The van der Waals surface area contributed by atoms with E-state index in [0.717, 1.165) is 24.1 Å². The first-order chi connectivity index (χ1) is 12.5. The SMILES string of the molecule is CS(=O)(=O)c1ccccc1C(=O)NCCSc1ncc(C(F)(F)F)cc1Cl. The molecule has 0 atom stereocenters. The maximum Gasteiger partial charge on any atom is 0.417 e. The summed E-state index contributed by atoms with van der Waals surface area (Å²) in [4.78, 5) is 15.8. The number of nitrogens with one attached hydrogen (secondary N) is 1. The summed E-state index contributed by atoms with van der Waals surface area (Å²) in [6.45, 7) is 0.140. The number of nitrogens with zero attached hydrogens (tertiary/aromatic N) is 1. The van der Waals surface area contributed by atoms with Crippen LogP contribution >= 0.6 is 23.4 Å². The van der Waals surface area contributed by atoms with E-state index in [0.29, 0.717) is 6.20 Å². The van der Waals surface area contributed by atoms with Gasteiger partial charge < -0.3 is 5.32 Å². The Morgan fingerprint density at radius 2 is 1.96 bits per heavy atom. The number of benzene rings is 1. The maximum atomic E-state index is 12.6. The van der Waals surface area contributed by atoms with Gasteiger partial charge >= 0.3 is 6.18 Å². The topological polar surface area (TPSA) is 76.1 Å². The zero-order valence-electron chi connectivity index (χ0n) is 13.9. The highest BCUT2D eigenvalue weighted by Gasteiger charge is 2.31. The summed E-state index contributed by atoms with van der Waals surface area (Å²) in [6, 6.07) is 6.58. The van der Waals surface area contributed by atoms with Crippen molar-refractivity contribution in [1.82, 2.24) is 10.3 Å². The third-order valence-corrected chi connectivity index (χ3v) is 5.85. The number of sulfone groups is 1. The van der Waals surface area contributed by atoms with Crippen molar-refractivity contribution in [2.24, 2.45) is 0 Å². The van der Waals surface area contributed by atoms with Crippen LogP contribution in [0.25, 0.3) is 0 Å². The minimum Gasteiger partial charge on any atom is -0.351 e. The molecule has 1 aromatic heterocycles. The van der Waals surface area contributed by atoms with Gasteiger partial charge in [-0.3, -0.25) is 4.79 Å². The van der Waals surface area contributed by atoms with Gasteiger partial charge in [0.25, 0.3) is 5.91 Å². The first-order valence-corrected chi connectivity index (χ1v) is 10.7.